The van der Waals surface area contributed by atoms with Gasteiger partial charge in [0.15, 0.2) is 0 Å². The van der Waals surface area contributed by atoms with Gasteiger partial charge in [0.25, 0.3) is 5.91 Å². The van der Waals surface area contributed by atoms with Crippen molar-refractivity contribution in [3.05, 3.63) is 16.0 Å². The van der Waals surface area contributed by atoms with E-state index in [2.05, 4.69) is 17.6 Å². The number of hydrogen-bond donors (Lipinski definition) is 3. The number of urea groups is 1. The zero-order valence-electron chi connectivity index (χ0n) is 11.0. The number of anilines is 1. The number of fused-ring (bicyclic) bond motifs is 1. The van der Waals surface area contributed by atoms with Crippen molar-refractivity contribution >= 4 is 28.3 Å². The number of unbranched alkanes of at least 4 members (excludes halogenated alkanes) is 1. The lowest BCUT2D eigenvalue weighted by molar-refractivity contribution is 0.100. The quantitative estimate of drug-likeness (QED) is 0.723. The number of rotatable bonds is 5. The van der Waals surface area contributed by atoms with Crippen molar-refractivity contribution in [2.45, 2.75) is 39.0 Å². The first-order chi connectivity index (χ1) is 9.13. The molecule has 104 valence electrons. The molecule has 0 radical (unpaired) electrons. The molecule has 5 nitrogen and oxygen atoms in total. The number of thiophene rings is 1. The van der Waals surface area contributed by atoms with Gasteiger partial charge in [-0.25, -0.2) is 4.79 Å². The Morgan fingerprint density at radius 1 is 1.37 bits per heavy atom. The number of aryl methyl sites for hydroxylation is 1. The highest BCUT2D eigenvalue weighted by molar-refractivity contribution is 7.17. The van der Waals surface area contributed by atoms with E-state index < -0.39 is 5.91 Å². The molecule has 1 aromatic heterocycles. The summed E-state index contributed by atoms with van der Waals surface area (Å²) >= 11 is 1.47. The Labute approximate surface area is 116 Å². The number of nitrogens with two attached hydrogens (primary N) is 1. The van der Waals surface area contributed by atoms with Crippen LogP contribution in [0.5, 0.6) is 0 Å². The molecule has 4 N–H and O–H groups in total. The van der Waals surface area contributed by atoms with Crippen LogP contribution in [0.15, 0.2) is 0 Å². The highest BCUT2D eigenvalue weighted by Gasteiger charge is 2.25. The molecule has 0 spiro atoms. The van der Waals surface area contributed by atoms with Gasteiger partial charge in [0.05, 0.1) is 5.56 Å². The van der Waals surface area contributed by atoms with Crippen LogP contribution in [0, 0.1) is 0 Å². The summed E-state index contributed by atoms with van der Waals surface area (Å²) in [6.45, 7) is 2.70. The summed E-state index contributed by atoms with van der Waals surface area (Å²) in [5, 5.41) is 6.10. The first kappa shape index (κ1) is 13.9. The summed E-state index contributed by atoms with van der Waals surface area (Å²) in [6.07, 6.45) is 4.88. The predicted octanol–water partition coefficient (Wildman–Crippen LogP) is 2.26. The molecule has 6 heteroatoms. The Hall–Kier alpha value is -1.56. The summed E-state index contributed by atoms with van der Waals surface area (Å²) in [7, 11) is 0. The minimum absolute atomic E-state index is 0.268. The van der Waals surface area contributed by atoms with Crippen molar-refractivity contribution in [1.29, 1.82) is 0 Å². The monoisotopic (exact) mass is 281 g/mol. The second kappa shape index (κ2) is 6.06. The first-order valence-corrected chi connectivity index (χ1v) is 7.44. The van der Waals surface area contributed by atoms with Crippen LogP contribution in [0.1, 0.15) is 47.0 Å². The summed E-state index contributed by atoms with van der Waals surface area (Å²) < 4.78 is 0. The lowest BCUT2D eigenvalue weighted by atomic mass is 10.1. The van der Waals surface area contributed by atoms with Gasteiger partial charge in [-0.05, 0) is 31.2 Å². The van der Waals surface area contributed by atoms with Crippen molar-refractivity contribution in [3.8, 4) is 0 Å². The molecular weight excluding hydrogens is 262 g/mol. The van der Waals surface area contributed by atoms with E-state index in [1.807, 2.05) is 0 Å². The average Bonchev–Trinajstić information content (AvgIpc) is 2.88. The molecule has 0 aliphatic heterocycles. The normalized spacial score (nSPS) is 13.1. The number of primary amides is 1. The Morgan fingerprint density at radius 3 is 2.84 bits per heavy atom. The van der Waals surface area contributed by atoms with Crippen molar-refractivity contribution in [2.75, 3.05) is 11.9 Å². The maximum Gasteiger partial charge on any atom is 0.319 e. The summed E-state index contributed by atoms with van der Waals surface area (Å²) in [5.41, 5.74) is 6.96. The zero-order chi connectivity index (χ0) is 13.8. The Morgan fingerprint density at radius 2 is 2.16 bits per heavy atom. The van der Waals surface area contributed by atoms with Crippen molar-refractivity contribution in [3.63, 3.8) is 0 Å². The molecule has 0 unspecified atom stereocenters. The van der Waals surface area contributed by atoms with Gasteiger partial charge >= 0.3 is 6.03 Å². The standard InChI is InChI=1S/C13H19N3O2S/c1-2-3-7-15-13(18)16-12-10(11(14)17)8-5-4-6-9(8)19-12/h2-7H2,1H3,(H2,14,17)(H2,15,16,18). The fourth-order valence-electron chi connectivity index (χ4n) is 2.28. The van der Waals surface area contributed by atoms with E-state index in [1.165, 1.54) is 16.2 Å². The fourth-order valence-corrected chi connectivity index (χ4v) is 3.57. The third-order valence-electron chi connectivity index (χ3n) is 3.21. The van der Waals surface area contributed by atoms with E-state index in [4.69, 9.17) is 5.73 Å². The first-order valence-electron chi connectivity index (χ1n) is 6.62. The SMILES string of the molecule is CCCCNC(=O)Nc1sc2c(c1C(N)=O)CCC2. The molecule has 2 rings (SSSR count). The third-order valence-corrected chi connectivity index (χ3v) is 4.42. The molecule has 1 heterocycles. The van der Waals surface area contributed by atoms with Crippen LogP contribution in [-0.2, 0) is 12.8 Å². The van der Waals surface area contributed by atoms with Crippen LogP contribution in [0.3, 0.4) is 0 Å². The van der Waals surface area contributed by atoms with Crippen molar-refractivity contribution in [1.82, 2.24) is 5.32 Å². The predicted molar refractivity (Wildman–Crippen MR) is 76.8 cm³/mol. The lowest BCUT2D eigenvalue weighted by Gasteiger charge is -2.07. The van der Waals surface area contributed by atoms with E-state index in [0.717, 1.165) is 37.7 Å². The van der Waals surface area contributed by atoms with E-state index >= 15 is 0 Å². The molecular formula is C13H19N3O2S. The van der Waals surface area contributed by atoms with Gasteiger partial charge in [-0.1, -0.05) is 13.3 Å². The summed E-state index contributed by atoms with van der Waals surface area (Å²) in [4.78, 5) is 24.4. The van der Waals surface area contributed by atoms with E-state index in [9.17, 15) is 9.59 Å². The van der Waals surface area contributed by atoms with Crippen LogP contribution >= 0.6 is 11.3 Å². The molecule has 0 bridgehead atoms. The highest BCUT2D eigenvalue weighted by atomic mass is 32.1. The highest BCUT2D eigenvalue weighted by Crippen LogP contribution is 2.38. The smallest absolute Gasteiger partial charge is 0.319 e. The van der Waals surface area contributed by atoms with Gasteiger partial charge in [0.2, 0.25) is 0 Å². The average molecular weight is 281 g/mol. The van der Waals surface area contributed by atoms with Gasteiger partial charge in [-0.3, -0.25) is 10.1 Å². The Balaban J connectivity index is 2.08. The molecule has 1 aliphatic rings. The van der Waals surface area contributed by atoms with Gasteiger partial charge in [-0.2, -0.15) is 0 Å². The molecule has 3 amide bonds. The maximum absolute atomic E-state index is 11.7. The van der Waals surface area contributed by atoms with E-state index in [0.29, 0.717) is 17.1 Å². The molecule has 0 aromatic carbocycles. The lowest BCUT2D eigenvalue weighted by Crippen LogP contribution is -2.30. The molecule has 0 atom stereocenters. The maximum atomic E-state index is 11.7. The molecule has 19 heavy (non-hydrogen) atoms. The Kier molecular flexibility index (Phi) is 4.42. The number of carbonyl (C=O) groups is 2. The second-order valence-electron chi connectivity index (χ2n) is 4.66. The minimum atomic E-state index is -0.455. The number of amides is 3. The number of carbonyl (C=O) groups excluding carboxylic acids is 2. The van der Waals surface area contributed by atoms with Crippen molar-refractivity contribution < 1.29 is 9.59 Å². The number of hydrogen-bond acceptors (Lipinski definition) is 3. The summed E-state index contributed by atoms with van der Waals surface area (Å²) in [5.74, 6) is -0.455. The zero-order valence-corrected chi connectivity index (χ0v) is 11.9. The van der Waals surface area contributed by atoms with Crippen molar-refractivity contribution in [2.24, 2.45) is 5.73 Å². The second-order valence-corrected chi connectivity index (χ2v) is 5.77. The fraction of sp³-hybridized carbons (Fsp3) is 0.538. The van der Waals surface area contributed by atoms with Crippen LogP contribution in [0.2, 0.25) is 0 Å². The summed E-state index contributed by atoms with van der Waals surface area (Å²) in [6, 6.07) is -0.268. The van der Waals surface area contributed by atoms with E-state index in [-0.39, 0.29) is 6.03 Å². The van der Waals surface area contributed by atoms with E-state index in [1.54, 1.807) is 0 Å². The van der Waals surface area contributed by atoms with Gasteiger partial charge < -0.3 is 11.1 Å². The van der Waals surface area contributed by atoms with Gasteiger partial charge in [-0.15, -0.1) is 11.3 Å². The van der Waals surface area contributed by atoms with Gasteiger partial charge in [0, 0.05) is 11.4 Å². The third kappa shape index (κ3) is 3.07. The molecule has 0 saturated carbocycles. The molecule has 0 fully saturated rings. The topological polar surface area (TPSA) is 84.2 Å². The molecule has 0 saturated heterocycles. The van der Waals surface area contributed by atoms with Crippen LogP contribution in [0.25, 0.3) is 0 Å². The van der Waals surface area contributed by atoms with Crippen LogP contribution in [0.4, 0.5) is 9.80 Å². The number of nitrogens with one attached hydrogen (secondary N) is 2. The van der Waals surface area contributed by atoms with Gasteiger partial charge in [0.1, 0.15) is 5.00 Å². The minimum Gasteiger partial charge on any atom is -0.365 e. The molecule has 1 aromatic rings. The van der Waals surface area contributed by atoms with Crippen LogP contribution < -0.4 is 16.4 Å². The van der Waals surface area contributed by atoms with Crippen LogP contribution in [-0.4, -0.2) is 18.5 Å². The largest absolute Gasteiger partial charge is 0.365 e. The Bertz CT molecular complexity index is 496. The molecule has 1 aliphatic carbocycles.